The highest BCUT2D eigenvalue weighted by molar-refractivity contribution is 9.10. The number of pyridine rings is 1. The molecule has 0 bridgehead atoms. The summed E-state index contributed by atoms with van der Waals surface area (Å²) in [4.78, 5) is 4.31. The average molecular weight is 285 g/mol. The Morgan fingerprint density at radius 1 is 1.44 bits per heavy atom. The molecule has 0 spiro atoms. The molecule has 2 rings (SSSR count). The normalized spacial score (nSPS) is 20.9. The first-order valence-corrected chi connectivity index (χ1v) is 6.56. The van der Waals surface area contributed by atoms with Crippen LogP contribution in [0.4, 0.5) is 0 Å². The largest absolute Gasteiger partial charge is 0.377 e. The average Bonchev–Trinajstić information content (AvgIpc) is 2.33. The van der Waals surface area contributed by atoms with Crippen molar-refractivity contribution in [2.45, 2.75) is 31.9 Å². The van der Waals surface area contributed by atoms with E-state index < -0.39 is 0 Å². The molecule has 2 heterocycles. The van der Waals surface area contributed by atoms with Crippen molar-refractivity contribution in [3.05, 3.63) is 28.5 Å². The third-order valence-corrected chi connectivity index (χ3v) is 3.21. The zero-order chi connectivity index (χ0) is 11.2. The molecule has 1 aromatic heterocycles. The minimum absolute atomic E-state index is 0.393. The van der Waals surface area contributed by atoms with E-state index in [1.165, 1.54) is 19.3 Å². The molecular formula is C12H17BrN2O. The summed E-state index contributed by atoms with van der Waals surface area (Å²) in [5.74, 6) is 0. The molecule has 3 nitrogen and oxygen atoms in total. The molecule has 1 unspecified atom stereocenters. The lowest BCUT2D eigenvalue weighted by Gasteiger charge is -2.22. The van der Waals surface area contributed by atoms with Gasteiger partial charge < -0.3 is 10.1 Å². The van der Waals surface area contributed by atoms with Crippen molar-refractivity contribution in [3.63, 3.8) is 0 Å². The van der Waals surface area contributed by atoms with E-state index in [0.717, 1.165) is 29.9 Å². The maximum absolute atomic E-state index is 5.64. The Bertz CT molecular complexity index is 309. The molecule has 1 N–H and O–H groups in total. The molecule has 0 radical (unpaired) electrons. The van der Waals surface area contributed by atoms with Gasteiger partial charge >= 0.3 is 0 Å². The number of hydrogen-bond acceptors (Lipinski definition) is 3. The molecule has 1 aliphatic heterocycles. The summed E-state index contributed by atoms with van der Waals surface area (Å²) < 4.78 is 6.66. The van der Waals surface area contributed by atoms with Gasteiger partial charge in [0.15, 0.2) is 0 Å². The molecule has 1 atom stereocenters. The number of hydrogen-bond donors (Lipinski definition) is 1. The van der Waals surface area contributed by atoms with Crippen molar-refractivity contribution >= 4 is 15.9 Å². The number of aromatic nitrogens is 1. The molecule has 1 aliphatic rings. The predicted octanol–water partition coefficient (Wildman–Crippen LogP) is 2.50. The number of ether oxygens (including phenoxy) is 1. The zero-order valence-corrected chi connectivity index (χ0v) is 10.9. The number of halogens is 1. The summed E-state index contributed by atoms with van der Waals surface area (Å²) in [7, 11) is 0. The monoisotopic (exact) mass is 284 g/mol. The van der Waals surface area contributed by atoms with Crippen LogP contribution in [0.5, 0.6) is 0 Å². The van der Waals surface area contributed by atoms with Crippen molar-refractivity contribution in [3.8, 4) is 0 Å². The van der Waals surface area contributed by atoms with Crippen LogP contribution in [0.25, 0.3) is 0 Å². The first kappa shape index (κ1) is 12.0. The molecular weight excluding hydrogens is 268 g/mol. The second-order valence-electron chi connectivity index (χ2n) is 4.09. The smallest absolute Gasteiger partial charge is 0.0699 e. The molecule has 88 valence electrons. The molecule has 4 heteroatoms. The van der Waals surface area contributed by atoms with Crippen LogP contribution in [0.3, 0.4) is 0 Å². The van der Waals surface area contributed by atoms with Crippen LogP contribution in [0.2, 0.25) is 0 Å². The van der Waals surface area contributed by atoms with Crippen LogP contribution in [-0.4, -0.2) is 24.2 Å². The maximum atomic E-state index is 5.64. The van der Waals surface area contributed by atoms with E-state index in [4.69, 9.17) is 4.74 Å². The van der Waals surface area contributed by atoms with Crippen molar-refractivity contribution in [1.29, 1.82) is 0 Å². The van der Waals surface area contributed by atoms with Gasteiger partial charge in [0.25, 0.3) is 0 Å². The van der Waals surface area contributed by atoms with Crippen LogP contribution >= 0.6 is 15.9 Å². The lowest BCUT2D eigenvalue weighted by Crippen LogP contribution is -2.31. The summed E-state index contributed by atoms with van der Waals surface area (Å²) in [6.07, 6.45) is 5.91. The molecule has 1 aromatic rings. The Labute approximate surface area is 105 Å². The molecule has 0 amide bonds. The van der Waals surface area contributed by atoms with Crippen LogP contribution in [0.15, 0.2) is 22.8 Å². The number of nitrogens with one attached hydrogen (secondary N) is 1. The van der Waals surface area contributed by atoms with Gasteiger partial charge in [-0.25, -0.2) is 0 Å². The summed E-state index contributed by atoms with van der Waals surface area (Å²) in [6, 6.07) is 4.04. The fourth-order valence-corrected chi connectivity index (χ4v) is 2.08. The Balaban J connectivity index is 1.69. The van der Waals surface area contributed by atoms with Crippen LogP contribution < -0.4 is 5.32 Å². The van der Waals surface area contributed by atoms with Gasteiger partial charge in [0.2, 0.25) is 0 Å². The van der Waals surface area contributed by atoms with Crippen LogP contribution in [0.1, 0.15) is 25.0 Å². The van der Waals surface area contributed by atoms with Gasteiger partial charge in [-0.15, -0.1) is 0 Å². The summed E-state index contributed by atoms with van der Waals surface area (Å²) in [5.41, 5.74) is 1.07. The standard InChI is InChI=1S/C12H17BrN2O/c13-10-4-5-11(15-7-10)8-14-9-12-3-1-2-6-16-12/h4-5,7,12,14H,1-3,6,8-9H2. The molecule has 1 fully saturated rings. The number of rotatable bonds is 4. The Kier molecular flexibility index (Phi) is 4.75. The predicted molar refractivity (Wildman–Crippen MR) is 67.2 cm³/mol. The molecule has 16 heavy (non-hydrogen) atoms. The van der Waals surface area contributed by atoms with Gasteiger partial charge in [0.05, 0.1) is 11.8 Å². The van der Waals surface area contributed by atoms with E-state index in [9.17, 15) is 0 Å². The van der Waals surface area contributed by atoms with Gasteiger partial charge in [-0.3, -0.25) is 4.98 Å². The maximum Gasteiger partial charge on any atom is 0.0699 e. The lowest BCUT2D eigenvalue weighted by atomic mass is 10.1. The van der Waals surface area contributed by atoms with Crippen molar-refractivity contribution < 1.29 is 4.74 Å². The van der Waals surface area contributed by atoms with Crippen molar-refractivity contribution in [1.82, 2.24) is 10.3 Å². The first-order chi connectivity index (χ1) is 7.84. The molecule has 0 saturated carbocycles. The second kappa shape index (κ2) is 6.33. The molecule has 0 aromatic carbocycles. The van der Waals surface area contributed by atoms with E-state index in [-0.39, 0.29) is 0 Å². The highest BCUT2D eigenvalue weighted by Gasteiger charge is 2.12. The zero-order valence-electron chi connectivity index (χ0n) is 9.29. The summed E-state index contributed by atoms with van der Waals surface area (Å²) >= 11 is 3.37. The van der Waals surface area contributed by atoms with Crippen LogP contribution in [0, 0.1) is 0 Å². The Hall–Kier alpha value is -0.450. The summed E-state index contributed by atoms with van der Waals surface area (Å²) in [5, 5.41) is 3.39. The SMILES string of the molecule is Brc1ccc(CNCC2CCCCO2)nc1. The van der Waals surface area contributed by atoms with E-state index in [1.807, 2.05) is 18.3 Å². The van der Waals surface area contributed by atoms with E-state index in [1.54, 1.807) is 0 Å². The second-order valence-corrected chi connectivity index (χ2v) is 5.00. The van der Waals surface area contributed by atoms with Gasteiger partial charge in [-0.1, -0.05) is 0 Å². The van der Waals surface area contributed by atoms with E-state index in [0.29, 0.717) is 6.10 Å². The topological polar surface area (TPSA) is 34.1 Å². The third-order valence-electron chi connectivity index (χ3n) is 2.74. The fourth-order valence-electron chi connectivity index (χ4n) is 1.84. The highest BCUT2D eigenvalue weighted by Crippen LogP contribution is 2.12. The van der Waals surface area contributed by atoms with Gasteiger partial charge in [0, 0.05) is 30.4 Å². The fraction of sp³-hybridized carbons (Fsp3) is 0.583. The van der Waals surface area contributed by atoms with E-state index in [2.05, 4.69) is 26.2 Å². The van der Waals surface area contributed by atoms with Crippen molar-refractivity contribution in [2.24, 2.45) is 0 Å². The quantitative estimate of drug-likeness (QED) is 0.923. The highest BCUT2D eigenvalue weighted by atomic mass is 79.9. The van der Waals surface area contributed by atoms with Gasteiger partial charge in [-0.05, 0) is 47.3 Å². The van der Waals surface area contributed by atoms with Gasteiger partial charge in [0.1, 0.15) is 0 Å². The molecule has 0 aliphatic carbocycles. The first-order valence-electron chi connectivity index (χ1n) is 5.77. The lowest BCUT2D eigenvalue weighted by molar-refractivity contribution is 0.0167. The van der Waals surface area contributed by atoms with Crippen molar-refractivity contribution in [2.75, 3.05) is 13.2 Å². The Morgan fingerprint density at radius 2 is 2.38 bits per heavy atom. The van der Waals surface area contributed by atoms with Crippen LogP contribution in [-0.2, 0) is 11.3 Å². The summed E-state index contributed by atoms with van der Waals surface area (Å²) in [6.45, 7) is 2.66. The minimum Gasteiger partial charge on any atom is -0.377 e. The number of nitrogens with zero attached hydrogens (tertiary/aromatic N) is 1. The van der Waals surface area contributed by atoms with E-state index >= 15 is 0 Å². The minimum atomic E-state index is 0.393. The Morgan fingerprint density at radius 3 is 3.06 bits per heavy atom. The van der Waals surface area contributed by atoms with Gasteiger partial charge in [-0.2, -0.15) is 0 Å². The molecule has 1 saturated heterocycles. The third kappa shape index (κ3) is 3.85.